The minimum Gasteiger partial charge on any atom is -0.406 e. The SMILES string of the molecule is Cc1ccccc1-c1ccncc1NC(=O)c1cc(CCl)cc(OC(F)(F)F)c1. The summed E-state index contributed by atoms with van der Waals surface area (Å²) in [5, 5.41) is 2.71. The molecule has 1 aromatic heterocycles. The number of amides is 1. The van der Waals surface area contributed by atoms with Crippen molar-refractivity contribution in [2.75, 3.05) is 5.32 Å². The number of ether oxygens (including phenoxy) is 1. The first-order valence-corrected chi connectivity index (χ1v) is 9.07. The van der Waals surface area contributed by atoms with Gasteiger partial charge in [-0.05, 0) is 47.9 Å². The van der Waals surface area contributed by atoms with E-state index in [9.17, 15) is 18.0 Å². The standard InChI is InChI=1S/C21H16ClF3N2O2/c1-13-4-2-3-5-17(13)18-6-7-26-12-19(18)27-20(28)15-8-14(11-22)9-16(10-15)29-21(23,24)25/h2-10,12H,11H2,1H3,(H,27,28). The summed E-state index contributed by atoms with van der Waals surface area (Å²) in [6.07, 6.45) is -1.79. The molecule has 0 aliphatic rings. The second kappa shape index (κ2) is 8.53. The molecule has 3 aromatic rings. The van der Waals surface area contributed by atoms with Crippen LogP contribution in [0.1, 0.15) is 21.5 Å². The Balaban J connectivity index is 1.94. The molecule has 0 spiro atoms. The summed E-state index contributed by atoms with van der Waals surface area (Å²) in [6, 6.07) is 12.9. The first kappa shape index (κ1) is 20.7. The third kappa shape index (κ3) is 5.26. The van der Waals surface area contributed by atoms with Gasteiger partial charge in [-0.25, -0.2) is 0 Å². The lowest BCUT2D eigenvalue weighted by molar-refractivity contribution is -0.274. The lowest BCUT2D eigenvalue weighted by Crippen LogP contribution is -2.18. The number of pyridine rings is 1. The average molecular weight is 421 g/mol. The summed E-state index contributed by atoms with van der Waals surface area (Å²) in [5.74, 6) is -1.19. The van der Waals surface area contributed by atoms with Crippen LogP contribution in [0.25, 0.3) is 11.1 Å². The normalized spacial score (nSPS) is 11.2. The molecule has 0 saturated carbocycles. The number of carbonyl (C=O) groups is 1. The molecule has 0 aliphatic heterocycles. The van der Waals surface area contributed by atoms with E-state index in [2.05, 4.69) is 15.0 Å². The van der Waals surface area contributed by atoms with Gasteiger partial charge in [-0.1, -0.05) is 24.3 Å². The average Bonchev–Trinajstić information content (AvgIpc) is 2.67. The first-order valence-electron chi connectivity index (χ1n) is 8.54. The van der Waals surface area contributed by atoms with Gasteiger partial charge >= 0.3 is 6.36 Å². The summed E-state index contributed by atoms with van der Waals surface area (Å²) in [4.78, 5) is 16.8. The zero-order valence-electron chi connectivity index (χ0n) is 15.3. The molecule has 0 radical (unpaired) electrons. The molecule has 0 aliphatic carbocycles. The Hall–Kier alpha value is -3.06. The van der Waals surface area contributed by atoms with Crippen molar-refractivity contribution >= 4 is 23.2 Å². The molecule has 0 unspecified atom stereocenters. The van der Waals surface area contributed by atoms with Crippen molar-refractivity contribution in [1.82, 2.24) is 4.98 Å². The van der Waals surface area contributed by atoms with Crippen LogP contribution in [0.5, 0.6) is 5.75 Å². The third-order valence-corrected chi connectivity index (χ3v) is 4.43. The summed E-state index contributed by atoms with van der Waals surface area (Å²) in [6.45, 7) is 1.94. The van der Waals surface area contributed by atoms with Gasteiger partial charge in [0.25, 0.3) is 5.91 Å². The molecule has 0 bridgehead atoms. The van der Waals surface area contributed by atoms with Crippen LogP contribution >= 0.6 is 11.6 Å². The molecule has 0 saturated heterocycles. The minimum atomic E-state index is -4.87. The van der Waals surface area contributed by atoms with Crippen LogP contribution in [-0.4, -0.2) is 17.3 Å². The Morgan fingerprint density at radius 3 is 2.59 bits per heavy atom. The largest absolute Gasteiger partial charge is 0.573 e. The number of halogens is 4. The number of aromatic nitrogens is 1. The van der Waals surface area contributed by atoms with E-state index in [0.29, 0.717) is 11.3 Å². The van der Waals surface area contributed by atoms with Crippen LogP contribution in [0.15, 0.2) is 60.9 Å². The van der Waals surface area contributed by atoms with Gasteiger partial charge in [-0.15, -0.1) is 24.8 Å². The van der Waals surface area contributed by atoms with E-state index in [0.717, 1.165) is 28.8 Å². The van der Waals surface area contributed by atoms with Crippen LogP contribution in [0, 0.1) is 6.92 Å². The van der Waals surface area contributed by atoms with Crippen molar-refractivity contribution in [3.8, 4) is 16.9 Å². The number of nitrogens with one attached hydrogen (secondary N) is 1. The van der Waals surface area contributed by atoms with E-state index in [1.807, 2.05) is 31.2 Å². The molecule has 1 N–H and O–H groups in total. The van der Waals surface area contributed by atoms with Gasteiger partial charge in [0, 0.05) is 23.2 Å². The van der Waals surface area contributed by atoms with E-state index < -0.39 is 18.0 Å². The maximum Gasteiger partial charge on any atom is 0.573 e. The van der Waals surface area contributed by atoms with Gasteiger partial charge in [0.05, 0.1) is 11.9 Å². The molecule has 3 rings (SSSR count). The Kier molecular flexibility index (Phi) is 6.08. The lowest BCUT2D eigenvalue weighted by atomic mass is 10.00. The van der Waals surface area contributed by atoms with Crippen molar-refractivity contribution < 1.29 is 22.7 Å². The molecule has 150 valence electrons. The Morgan fingerprint density at radius 2 is 1.90 bits per heavy atom. The number of alkyl halides is 4. The van der Waals surface area contributed by atoms with E-state index in [1.54, 1.807) is 12.3 Å². The Morgan fingerprint density at radius 1 is 1.14 bits per heavy atom. The summed E-state index contributed by atoms with van der Waals surface area (Å²) in [5.41, 5.74) is 3.39. The maximum atomic E-state index is 12.7. The molecule has 2 aromatic carbocycles. The summed E-state index contributed by atoms with van der Waals surface area (Å²) in [7, 11) is 0. The third-order valence-electron chi connectivity index (χ3n) is 4.12. The highest BCUT2D eigenvalue weighted by atomic mass is 35.5. The van der Waals surface area contributed by atoms with Crippen molar-refractivity contribution in [3.63, 3.8) is 0 Å². The van der Waals surface area contributed by atoms with E-state index in [4.69, 9.17) is 11.6 Å². The number of aryl methyl sites for hydroxylation is 1. The quantitative estimate of drug-likeness (QED) is 0.519. The molecule has 0 fully saturated rings. The monoisotopic (exact) mass is 420 g/mol. The fourth-order valence-corrected chi connectivity index (χ4v) is 3.01. The minimum absolute atomic E-state index is 0.0120. The van der Waals surface area contributed by atoms with E-state index in [-0.39, 0.29) is 11.4 Å². The number of nitrogens with zero attached hydrogens (tertiary/aromatic N) is 1. The van der Waals surface area contributed by atoms with Gasteiger partial charge in [0.2, 0.25) is 0 Å². The lowest BCUT2D eigenvalue weighted by Gasteiger charge is -2.14. The highest BCUT2D eigenvalue weighted by molar-refractivity contribution is 6.17. The first-order chi connectivity index (χ1) is 13.8. The number of hydrogen-bond donors (Lipinski definition) is 1. The maximum absolute atomic E-state index is 12.7. The number of hydrogen-bond acceptors (Lipinski definition) is 3. The summed E-state index contributed by atoms with van der Waals surface area (Å²) < 4.78 is 41.7. The molecule has 8 heteroatoms. The summed E-state index contributed by atoms with van der Waals surface area (Å²) >= 11 is 5.75. The molecule has 1 heterocycles. The van der Waals surface area contributed by atoms with Crippen molar-refractivity contribution in [2.45, 2.75) is 19.2 Å². The highest BCUT2D eigenvalue weighted by Gasteiger charge is 2.31. The van der Waals surface area contributed by atoms with Gasteiger partial charge in [-0.3, -0.25) is 9.78 Å². The van der Waals surface area contributed by atoms with Crippen LogP contribution in [0.4, 0.5) is 18.9 Å². The van der Waals surface area contributed by atoms with Crippen LogP contribution in [-0.2, 0) is 5.88 Å². The predicted octanol–water partition coefficient (Wildman–Crippen LogP) is 5.95. The van der Waals surface area contributed by atoms with Gasteiger partial charge in [0.15, 0.2) is 0 Å². The molecule has 4 nitrogen and oxygen atoms in total. The number of benzene rings is 2. The fraction of sp³-hybridized carbons (Fsp3) is 0.143. The van der Waals surface area contributed by atoms with E-state index >= 15 is 0 Å². The zero-order valence-corrected chi connectivity index (χ0v) is 16.0. The van der Waals surface area contributed by atoms with Crippen LogP contribution < -0.4 is 10.1 Å². The smallest absolute Gasteiger partial charge is 0.406 e. The Labute approximate surface area is 170 Å². The molecule has 29 heavy (non-hydrogen) atoms. The molecule has 0 atom stereocenters. The molecular weight excluding hydrogens is 405 g/mol. The van der Waals surface area contributed by atoms with Gasteiger partial charge in [0.1, 0.15) is 5.75 Å². The van der Waals surface area contributed by atoms with Crippen molar-refractivity contribution in [3.05, 3.63) is 77.6 Å². The topological polar surface area (TPSA) is 51.2 Å². The zero-order chi connectivity index (χ0) is 21.0. The van der Waals surface area contributed by atoms with Gasteiger partial charge < -0.3 is 10.1 Å². The molecular formula is C21H16ClF3N2O2. The number of carbonyl (C=O) groups excluding carboxylic acids is 1. The fourth-order valence-electron chi connectivity index (χ4n) is 2.86. The molecule has 1 amide bonds. The predicted molar refractivity (Wildman–Crippen MR) is 105 cm³/mol. The van der Waals surface area contributed by atoms with E-state index in [1.165, 1.54) is 12.3 Å². The number of rotatable bonds is 5. The van der Waals surface area contributed by atoms with Crippen LogP contribution in [0.3, 0.4) is 0 Å². The Bertz CT molecular complexity index is 1040. The highest BCUT2D eigenvalue weighted by Crippen LogP contribution is 2.31. The van der Waals surface area contributed by atoms with Crippen LogP contribution in [0.2, 0.25) is 0 Å². The second-order valence-corrected chi connectivity index (χ2v) is 6.50. The van der Waals surface area contributed by atoms with Gasteiger partial charge in [-0.2, -0.15) is 0 Å². The second-order valence-electron chi connectivity index (χ2n) is 6.24. The number of anilines is 1. The van der Waals surface area contributed by atoms with Crippen molar-refractivity contribution in [1.29, 1.82) is 0 Å². The van der Waals surface area contributed by atoms with Crippen molar-refractivity contribution in [2.24, 2.45) is 0 Å².